The van der Waals surface area contributed by atoms with E-state index >= 15 is 0 Å². The fourth-order valence-corrected chi connectivity index (χ4v) is 3.51. The van der Waals surface area contributed by atoms with Gasteiger partial charge in [-0.15, -0.1) is 17.9 Å². The van der Waals surface area contributed by atoms with Crippen molar-refractivity contribution in [3.05, 3.63) is 74.8 Å². The summed E-state index contributed by atoms with van der Waals surface area (Å²) in [6.07, 6.45) is 1.66. The molecule has 0 radical (unpaired) electrons. The van der Waals surface area contributed by atoms with Crippen molar-refractivity contribution in [3.63, 3.8) is 0 Å². The Morgan fingerprint density at radius 3 is 2.81 bits per heavy atom. The SMILES string of the molecule is C=CCN(Cc1ccc(Cl)s1)C(=O)COc1ccc2ccc(=O)oc2c1. The number of fused-ring (bicyclic) bond motifs is 1. The maximum absolute atomic E-state index is 12.5. The van der Waals surface area contributed by atoms with Gasteiger partial charge >= 0.3 is 5.63 Å². The first-order valence-corrected chi connectivity index (χ1v) is 9.04. The molecule has 1 amide bonds. The van der Waals surface area contributed by atoms with Crippen molar-refractivity contribution in [2.75, 3.05) is 13.2 Å². The van der Waals surface area contributed by atoms with Gasteiger partial charge in [-0.05, 0) is 30.3 Å². The highest BCUT2D eigenvalue weighted by molar-refractivity contribution is 7.16. The average Bonchev–Trinajstić information content (AvgIpc) is 3.03. The van der Waals surface area contributed by atoms with E-state index in [-0.39, 0.29) is 12.5 Å². The fraction of sp³-hybridized carbons (Fsp3) is 0.158. The minimum absolute atomic E-state index is 0.129. The Kier molecular flexibility index (Phi) is 5.75. The fourth-order valence-electron chi connectivity index (χ4n) is 2.40. The van der Waals surface area contributed by atoms with Crippen LogP contribution in [0.1, 0.15) is 4.88 Å². The summed E-state index contributed by atoms with van der Waals surface area (Å²) < 4.78 is 11.4. The third-order valence-corrected chi connectivity index (χ3v) is 4.85. The maximum atomic E-state index is 12.5. The number of carbonyl (C=O) groups is 1. The van der Waals surface area contributed by atoms with Crippen molar-refractivity contribution in [1.29, 1.82) is 0 Å². The molecule has 0 spiro atoms. The second-order valence-electron chi connectivity index (χ2n) is 5.51. The highest BCUT2D eigenvalue weighted by Crippen LogP contribution is 2.23. The molecule has 0 fully saturated rings. The van der Waals surface area contributed by atoms with Crippen LogP contribution in [0.5, 0.6) is 5.75 Å². The molecule has 134 valence electrons. The molecule has 0 aliphatic heterocycles. The number of amides is 1. The number of hydrogen-bond acceptors (Lipinski definition) is 5. The van der Waals surface area contributed by atoms with Gasteiger partial charge < -0.3 is 14.1 Å². The zero-order chi connectivity index (χ0) is 18.5. The van der Waals surface area contributed by atoms with Crippen LogP contribution in [-0.4, -0.2) is 24.0 Å². The van der Waals surface area contributed by atoms with Crippen molar-refractivity contribution in [2.45, 2.75) is 6.54 Å². The quantitative estimate of drug-likeness (QED) is 0.451. The van der Waals surface area contributed by atoms with E-state index in [2.05, 4.69) is 6.58 Å². The average molecular weight is 390 g/mol. The number of benzene rings is 1. The van der Waals surface area contributed by atoms with Crippen LogP contribution in [0, 0.1) is 0 Å². The molecule has 3 aromatic rings. The molecule has 5 nitrogen and oxygen atoms in total. The number of carbonyl (C=O) groups excluding carboxylic acids is 1. The monoisotopic (exact) mass is 389 g/mol. The Morgan fingerprint density at radius 1 is 1.27 bits per heavy atom. The Hall–Kier alpha value is -2.57. The van der Waals surface area contributed by atoms with Crippen molar-refractivity contribution in [3.8, 4) is 5.75 Å². The van der Waals surface area contributed by atoms with Crippen molar-refractivity contribution < 1.29 is 13.9 Å². The second-order valence-corrected chi connectivity index (χ2v) is 7.31. The van der Waals surface area contributed by atoms with E-state index in [1.807, 2.05) is 6.07 Å². The Bertz CT molecular complexity index is 994. The first kappa shape index (κ1) is 18.2. The molecule has 0 N–H and O–H groups in total. The summed E-state index contributed by atoms with van der Waals surface area (Å²) in [6.45, 7) is 4.41. The summed E-state index contributed by atoms with van der Waals surface area (Å²) in [5, 5.41) is 0.783. The Balaban J connectivity index is 1.67. The van der Waals surface area contributed by atoms with E-state index in [4.69, 9.17) is 20.8 Å². The standard InChI is InChI=1S/C19H16ClNO4S/c1-2-9-21(11-15-6-7-17(20)26-15)18(22)12-24-14-5-3-13-4-8-19(23)25-16(13)10-14/h2-8,10H,1,9,11-12H2. The predicted molar refractivity (Wildman–Crippen MR) is 103 cm³/mol. The van der Waals surface area contributed by atoms with E-state index in [9.17, 15) is 9.59 Å². The summed E-state index contributed by atoms with van der Waals surface area (Å²) in [5.74, 6) is 0.280. The van der Waals surface area contributed by atoms with Crippen molar-refractivity contribution in [1.82, 2.24) is 4.90 Å². The molecule has 3 rings (SSSR count). The van der Waals surface area contributed by atoms with E-state index in [0.29, 0.717) is 28.8 Å². The summed E-state index contributed by atoms with van der Waals surface area (Å²) in [7, 11) is 0. The van der Waals surface area contributed by atoms with Gasteiger partial charge in [0, 0.05) is 28.9 Å². The second kappa shape index (κ2) is 8.21. The number of halogens is 1. The summed E-state index contributed by atoms with van der Waals surface area (Å²) in [4.78, 5) is 26.4. The Labute approximate surface area is 159 Å². The molecule has 0 saturated heterocycles. The first-order valence-electron chi connectivity index (χ1n) is 7.85. The molecule has 1 aromatic carbocycles. The van der Waals surface area contributed by atoms with Crippen LogP contribution in [0.2, 0.25) is 4.34 Å². The highest BCUT2D eigenvalue weighted by Gasteiger charge is 2.15. The molecule has 0 atom stereocenters. The summed E-state index contributed by atoms with van der Waals surface area (Å²) in [6, 6.07) is 11.8. The van der Waals surface area contributed by atoms with Crippen LogP contribution in [0.25, 0.3) is 11.0 Å². The van der Waals surface area contributed by atoms with Crippen LogP contribution in [0.4, 0.5) is 0 Å². The lowest BCUT2D eigenvalue weighted by atomic mass is 10.2. The highest BCUT2D eigenvalue weighted by atomic mass is 35.5. The minimum atomic E-state index is -0.433. The lowest BCUT2D eigenvalue weighted by Crippen LogP contribution is -2.34. The molecular weight excluding hydrogens is 374 g/mol. The minimum Gasteiger partial charge on any atom is -0.484 e. The number of rotatable bonds is 7. The van der Waals surface area contributed by atoms with Crippen LogP contribution in [0.3, 0.4) is 0 Å². The van der Waals surface area contributed by atoms with Crippen LogP contribution < -0.4 is 10.4 Å². The molecular formula is C19H16ClNO4S. The molecule has 2 heterocycles. The maximum Gasteiger partial charge on any atom is 0.336 e. The largest absolute Gasteiger partial charge is 0.484 e. The number of hydrogen-bond donors (Lipinski definition) is 0. The lowest BCUT2D eigenvalue weighted by molar-refractivity contribution is -0.133. The summed E-state index contributed by atoms with van der Waals surface area (Å²) in [5.41, 5.74) is -0.0175. The molecule has 7 heteroatoms. The van der Waals surface area contributed by atoms with Gasteiger partial charge in [-0.1, -0.05) is 17.7 Å². The van der Waals surface area contributed by atoms with Crippen molar-refractivity contribution >= 4 is 39.8 Å². The van der Waals surface area contributed by atoms with Gasteiger partial charge in [0.2, 0.25) is 0 Å². The zero-order valence-electron chi connectivity index (χ0n) is 13.8. The van der Waals surface area contributed by atoms with Crippen molar-refractivity contribution in [2.24, 2.45) is 0 Å². The molecule has 0 saturated carbocycles. The first-order chi connectivity index (χ1) is 12.5. The molecule has 0 unspecified atom stereocenters. The molecule has 0 aliphatic carbocycles. The third-order valence-electron chi connectivity index (χ3n) is 3.63. The van der Waals surface area contributed by atoms with E-state index in [0.717, 1.165) is 10.3 Å². The lowest BCUT2D eigenvalue weighted by Gasteiger charge is -2.20. The van der Waals surface area contributed by atoms with E-state index < -0.39 is 5.63 Å². The van der Waals surface area contributed by atoms with E-state index in [1.165, 1.54) is 17.4 Å². The number of nitrogens with zero attached hydrogens (tertiary/aromatic N) is 1. The molecule has 26 heavy (non-hydrogen) atoms. The van der Waals surface area contributed by atoms with Gasteiger partial charge in [0.25, 0.3) is 5.91 Å². The van der Waals surface area contributed by atoms with Crippen LogP contribution >= 0.6 is 22.9 Å². The number of ether oxygens (including phenoxy) is 1. The van der Waals surface area contributed by atoms with Gasteiger partial charge in [0.1, 0.15) is 11.3 Å². The predicted octanol–water partition coefficient (Wildman–Crippen LogP) is 4.10. The number of thiophene rings is 1. The van der Waals surface area contributed by atoms with Gasteiger partial charge in [-0.2, -0.15) is 0 Å². The topological polar surface area (TPSA) is 59.8 Å². The van der Waals surface area contributed by atoms with Gasteiger partial charge in [0.05, 0.1) is 10.9 Å². The van der Waals surface area contributed by atoms with E-state index in [1.54, 1.807) is 41.3 Å². The van der Waals surface area contributed by atoms with Crippen LogP contribution in [0.15, 0.2) is 64.3 Å². The Morgan fingerprint density at radius 2 is 2.08 bits per heavy atom. The summed E-state index contributed by atoms with van der Waals surface area (Å²) >= 11 is 7.37. The molecule has 2 aromatic heterocycles. The van der Waals surface area contributed by atoms with Gasteiger partial charge in [-0.25, -0.2) is 4.79 Å². The van der Waals surface area contributed by atoms with Gasteiger partial charge in [-0.3, -0.25) is 4.79 Å². The molecule has 0 bridgehead atoms. The van der Waals surface area contributed by atoms with Gasteiger partial charge in [0.15, 0.2) is 6.61 Å². The third kappa shape index (κ3) is 4.53. The van der Waals surface area contributed by atoms with Crippen LogP contribution in [-0.2, 0) is 11.3 Å². The normalized spacial score (nSPS) is 10.7. The zero-order valence-corrected chi connectivity index (χ0v) is 15.4. The smallest absolute Gasteiger partial charge is 0.336 e. The molecule has 0 aliphatic rings.